The maximum absolute atomic E-state index is 12.2. The fraction of sp³-hybridized carbons (Fsp3) is 0.571. The molecule has 0 aliphatic heterocycles. The fourth-order valence-corrected chi connectivity index (χ4v) is 4.24. The molecule has 3 nitrogen and oxygen atoms in total. The molecule has 1 fully saturated rings. The summed E-state index contributed by atoms with van der Waals surface area (Å²) in [4.78, 5) is 0.448. The molecule has 4 heteroatoms. The van der Waals surface area contributed by atoms with Gasteiger partial charge in [-0.25, -0.2) is 8.42 Å². The Balaban J connectivity index is 1.98. The van der Waals surface area contributed by atoms with Gasteiger partial charge in [0, 0.05) is 6.04 Å². The Hall–Kier alpha value is -0.870. The highest BCUT2D eigenvalue weighted by atomic mass is 32.2. The van der Waals surface area contributed by atoms with Crippen LogP contribution in [0.2, 0.25) is 0 Å². The van der Waals surface area contributed by atoms with E-state index in [1.165, 1.54) is 12.8 Å². The molecule has 1 N–H and O–H groups in total. The van der Waals surface area contributed by atoms with Crippen LogP contribution >= 0.6 is 0 Å². The van der Waals surface area contributed by atoms with E-state index >= 15 is 0 Å². The Morgan fingerprint density at radius 1 is 1.22 bits per heavy atom. The Kier molecular flexibility index (Phi) is 4.40. The molecule has 1 saturated carbocycles. The molecule has 0 spiro atoms. The zero-order valence-electron chi connectivity index (χ0n) is 10.8. The number of hydrogen-bond acceptors (Lipinski definition) is 3. The SMILES string of the molecule is CNC1CCCC1CCS(=O)(=O)c1ccccc1. The average molecular weight is 267 g/mol. The molecule has 0 bridgehead atoms. The molecule has 100 valence electrons. The quantitative estimate of drug-likeness (QED) is 0.890. The molecule has 1 aromatic rings. The van der Waals surface area contributed by atoms with Gasteiger partial charge < -0.3 is 5.32 Å². The van der Waals surface area contributed by atoms with Gasteiger partial charge in [-0.05, 0) is 44.4 Å². The number of sulfone groups is 1. The van der Waals surface area contributed by atoms with Gasteiger partial charge in [-0.3, -0.25) is 0 Å². The fourth-order valence-electron chi connectivity index (χ4n) is 2.81. The van der Waals surface area contributed by atoms with Crippen molar-refractivity contribution in [2.45, 2.75) is 36.6 Å². The van der Waals surface area contributed by atoms with Crippen LogP contribution in [-0.4, -0.2) is 27.3 Å². The zero-order valence-corrected chi connectivity index (χ0v) is 11.6. The summed E-state index contributed by atoms with van der Waals surface area (Å²) in [6, 6.07) is 9.25. The summed E-state index contributed by atoms with van der Waals surface area (Å²) >= 11 is 0. The van der Waals surface area contributed by atoms with Gasteiger partial charge in [-0.2, -0.15) is 0 Å². The first-order valence-corrected chi connectivity index (χ1v) is 8.24. The van der Waals surface area contributed by atoms with Gasteiger partial charge in [0.15, 0.2) is 9.84 Å². The summed E-state index contributed by atoms with van der Waals surface area (Å²) in [6.07, 6.45) is 4.30. The molecular formula is C14H21NO2S. The molecule has 2 unspecified atom stereocenters. The van der Waals surface area contributed by atoms with E-state index in [1.807, 2.05) is 13.1 Å². The number of benzene rings is 1. The van der Waals surface area contributed by atoms with E-state index in [2.05, 4.69) is 5.32 Å². The molecule has 1 aliphatic rings. The molecule has 2 atom stereocenters. The lowest BCUT2D eigenvalue weighted by Gasteiger charge is -2.18. The highest BCUT2D eigenvalue weighted by Crippen LogP contribution is 2.29. The van der Waals surface area contributed by atoms with Gasteiger partial charge >= 0.3 is 0 Å². The third-order valence-electron chi connectivity index (χ3n) is 3.89. The van der Waals surface area contributed by atoms with Crippen LogP contribution < -0.4 is 5.32 Å². The second-order valence-electron chi connectivity index (χ2n) is 5.01. The van der Waals surface area contributed by atoms with Crippen molar-refractivity contribution < 1.29 is 8.42 Å². The van der Waals surface area contributed by atoms with Crippen LogP contribution in [0.15, 0.2) is 35.2 Å². The number of hydrogen-bond donors (Lipinski definition) is 1. The molecule has 0 radical (unpaired) electrons. The minimum Gasteiger partial charge on any atom is -0.317 e. The van der Waals surface area contributed by atoms with Crippen molar-refractivity contribution in [1.82, 2.24) is 5.32 Å². The molecule has 0 saturated heterocycles. The smallest absolute Gasteiger partial charge is 0.178 e. The number of rotatable bonds is 5. The monoisotopic (exact) mass is 267 g/mol. The predicted molar refractivity (Wildman–Crippen MR) is 73.3 cm³/mol. The minimum atomic E-state index is -3.11. The van der Waals surface area contributed by atoms with Crippen LogP contribution in [0.4, 0.5) is 0 Å². The van der Waals surface area contributed by atoms with Crippen molar-refractivity contribution in [3.8, 4) is 0 Å². The summed E-state index contributed by atoms with van der Waals surface area (Å²) < 4.78 is 24.3. The van der Waals surface area contributed by atoms with Gasteiger partial charge in [-0.1, -0.05) is 24.6 Å². The molecule has 2 rings (SSSR count). The standard InChI is InChI=1S/C14H21NO2S/c1-15-14-9-5-6-12(14)10-11-18(16,17)13-7-3-2-4-8-13/h2-4,7-8,12,14-15H,5-6,9-11H2,1H3. The topological polar surface area (TPSA) is 46.2 Å². The zero-order chi connectivity index (χ0) is 13.0. The normalized spacial score (nSPS) is 24.3. The molecule has 0 heterocycles. The van der Waals surface area contributed by atoms with Crippen LogP contribution in [0.1, 0.15) is 25.7 Å². The van der Waals surface area contributed by atoms with Gasteiger partial charge in [0.2, 0.25) is 0 Å². The molecule has 18 heavy (non-hydrogen) atoms. The molecular weight excluding hydrogens is 246 g/mol. The van der Waals surface area contributed by atoms with E-state index in [1.54, 1.807) is 24.3 Å². The Morgan fingerprint density at radius 2 is 1.94 bits per heavy atom. The highest BCUT2D eigenvalue weighted by Gasteiger charge is 2.27. The van der Waals surface area contributed by atoms with Crippen LogP contribution in [0.3, 0.4) is 0 Å². The molecule has 1 aromatic carbocycles. The largest absolute Gasteiger partial charge is 0.317 e. The van der Waals surface area contributed by atoms with Crippen LogP contribution in [-0.2, 0) is 9.84 Å². The van der Waals surface area contributed by atoms with Crippen molar-refractivity contribution >= 4 is 9.84 Å². The van der Waals surface area contributed by atoms with Gasteiger partial charge in [-0.15, -0.1) is 0 Å². The lowest BCUT2D eigenvalue weighted by atomic mass is 10.0. The highest BCUT2D eigenvalue weighted by molar-refractivity contribution is 7.91. The van der Waals surface area contributed by atoms with Crippen molar-refractivity contribution in [2.24, 2.45) is 5.92 Å². The van der Waals surface area contributed by atoms with Crippen molar-refractivity contribution in [3.05, 3.63) is 30.3 Å². The maximum atomic E-state index is 12.2. The van der Waals surface area contributed by atoms with E-state index in [4.69, 9.17) is 0 Å². The minimum absolute atomic E-state index is 0.264. The summed E-state index contributed by atoms with van der Waals surface area (Å²) in [5.41, 5.74) is 0. The van der Waals surface area contributed by atoms with Gasteiger partial charge in [0.1, 0.15) is 0 Å². The second kappa shape index (κ2) is 5.85. The summed E-state index contributed by atoms with van der Waals surface area (Å²) in [6.45, 7) is 0. The predicted octanol–water partition coefficient (Wildman–Crippen LogP) is 2.24. The van der Waals surface area contributed by atoms with E-state index in [0.29, 0.717) is 16.9 Å². The first kappa shape index (κ1) is 13.6. The first-order chi connectivity index (χ1) is 8.63. The van der Waals surface area contributed by atoms with Gasteiger partial charge in [0.25, 0.3) is 0 Å². The van der Waals surface area contributed by atoms with Crippen molar-refractivity contribution in [1.29, 1.82) is 0 Å². The third kappa shape index (κ3) is 3.12. The lowest BCUT2D eigenvalue weighted by molar-refractivity contribution is 0.414. The molecule has 0 aromatic heterocycles. The maximum Gasteiger partial charge on any atom is 0.178 e. The van der Waals surface area contributed by atoms with E-state index in [9.17, 15) is 8.42 Å². The summed E-state index contributed by atoms with van der Waals surface area (Å²) in [7, 11) is -1.14. The Bertz CT molecular complexity index is 470. The van der Waals surface area contributed by atoms with E-state index in [-0.39, 0.29) is 5.75 Å². The van der Waals surface area contributed by atoms with Crippen LogP contribution in [0.5, 0.6) is 0 Å². The average Bonchev–Trinajstić information content (AvgIpc) is 2.85. The van der Waals surface area contributed by atoms with Crippen molar-refractivity contribution in [2.75, 3.05) is 12.8 Å². The Labute approximate surface area is 110 Å². The van der Waals surface area contributed by atoms with Crippen LogP contribution in [0, 0.1) is 5.92 Å². The number of nitrogens with one attached hydrogen (secondary N) is 1. The summed E-state index contributed by atoms with van der Waals surface area (Å²) in [5.74, 6) is 0.772. The van der Waals surface area contributed by atoms with Gasteiger partial charge in [0.05, 0.1) is 10.6 Å². The first-order valence-electron chi connectivity index (χ1n) is 6.58. The second-order valence-corrected chi connectivity index (χ2v) is 7.12. The molecule has 0 amide bonds. The third-order valence-corrected chi connectivity index (χ3v) is 5.65. The molecule has 1 aliphatic carbocycles. The van der Waals surface area contributed by atoms with E-state index in [0.717, 1.165) is 12.8 Å². The lowest BCUT2D eigenvalue weighted by Crippen LogP contribution is -2.30. The van der Waals surface area contributed by atoms with Crippen molar-refractivity contribution in [3.63, 3.8) is 0 Å². The van der Waals surface area contributed by atoms with E-state index < -0.39 is 9.84 Å². The van der Waals surface area contributed by atoms with Crippen LogP contribution in [0.25, 0.3) is 0 Å². The Morgan fingerprint density at radius 3 is 2.61 bits per heavy atom. The summed E-state index contributed by atoms with van der Waals surface area (Å²) in [5, 5.41) is 3.30.